The number of rotatable bonds is 6. The number of hydrogen-bond acceptors (Lipinski definition) is 3. The molecule has 4 nitrogen and oxygen atoms in total. The van der Waals surface area contributed by atoms with Gasteiger partial charge in [0.05, 0.1) is 18.1 Å². The van der Waals surface area contributed by atoms with Crippen LogP contribution in [0, 0.1) is 0 Å². The van der Waals surface area contributed by atoms with Gasteiger partial charge >= 0.3 is 0 Å². The summed E-state index contributed by atoms with van der Waals surface area (Å²) in [5.41, 5.74) is 0.966. The molecule has 2 aromatic rings. The van der Waals surface area contributed by atoms with Crippen LogP contribution < -0.4 is 10.1 Å². The molecule has 0 atom stereocenters. The van der Waals surface area contributed by atoms with Crippen molar-refractivity contribution < 1.29 is 9.53 Å². The zero-order valence-corrected chi connectivity index (χ0v) is 11.6. The van der Waals surface area contributed by atoms with Gasteiger partial charge in [0.15, 0.2) is 0 Å². The Morgan fingerprint density at radius 3 is 2.85 bits per heavy atom. The minimum absolute atomic E-state index is 0.0686. The van der Waals surface area contributed by atoms with Gasteiger partial charge in [0.25, 0.3) is 0 Å². The van der Waals surface area contributed by atoms with E-state index in [9.17, 15) is 4.79 Å². The van der Waals surface area contributed by atoms with Crippen molar-refractivity contribution in [1.82, 2.24) is 10.3 Å². The second-order valence-corrected chi connectivity index (χ2v) is 4.57. The standard InChI is InChI=1S/C15H15ClN2O2/c16-13-5-1-2-6-14(13)20-9-7-15(19)18-11-12-4-3-8-17-10-12/h1-6,8,10H,7,9,11H2,(H,18,19). The number of para-hydroxylation sites is 1. The van der Waals surface area contributed by atoms with Crippen LogP contribution in [0.25, 0.3) is 0 Å². The number of hydrogen-bond donors (Lipinski definition) is 1. The number of ether oxygens (including phenoxy) is 1. The lowest BCUT2D eigenvalue weighted by Crippen LogP contribution is -2.24. The molecule has 0 aliphatic rings. The van der Waals surface area contributed by atoms with E-state index in [1.807, 2.05) is 24.3 Å². The molecule has 0 fully saturated rings. The van der Waals surface area contributed by atoms with Crippen LogP contribution >= 0.6 is 11.6 Å². The maximum atomic E-state index is 11.6. The van der Waals surface area contributed by atoms with Gasteiger partial charge in [0.1, 0.15) is 5.75 Å². The highest BCUT2D eigenvalue weighted by molar-refractivity contribution is 6.32. The van der Waals surface area contributed by atoms with Gasteiger partial charge in [0, 0.05) is 18.9 Å². The first-order valence-corrected chi connectivity index (χ1v) is 6.66. The normalized spacial score (nSPS) is 10.1. The quantitative estimate of drug-likeness (QED) is 0.890. The molecule has 0 aliphatic carbocycles. The summed E-state index contributed by atoms with van der Waals surface area (Å²) in [4.78, 5) is 15.6. The van der Waals surface area contributed by atoms with Crippen LogP contribution in [0.1, 0.15) is 12.0 Å². The molecule has 0 unspecified atom stereocenters. The number of aromatic nitrogens is 1. The van der Waals surface area contributed by atoms with E-state index in [1.54, 1.807) is 24.5 Å². The largest absolute Gasteiger partial charge is 0.491 e. The lowest BCUT2D eigenvalue weighted by molar-refractivity contribution is -0.121. The lowest BCUT2D eigenvalue weighted by atomic mass is 10.3. The fourth-order valence-corrected chi connectivity index (χ4v) is 1.80. The molecule has 1 amide bonds. The molecule has 1 aromatic heterocycles. The Bertz CT molecular complexity index is 561. The van der Waals surface area contributed by atoms with Crippen molar-refractivity contribution in [2.24, 2.45) is 0 Å². The molecule has 1 aromatic carbocycles. The maximum Gasteiger partial charge on any atom is 0.223 e. The summed E-state index contributed by atoms with van der Waals surface area (Å²) in [6.45, 7) is 0.765. The molecule has 0 aliphatic heterocycles. The molecule has 20 heavy (non-hydrogen) atoms. The fourth-order valence-electron chi connectivity index (χ4n) is 1.61. The molecule has 5 heteroatoms. The number of benzene rings is 1. The highest BCUT2D eigenvalue weighted by Gasteiger charge is 2.04. The van der Waals surface area contributed by atoms with Gasteiger partial charge in [-0.2, -0.15) is 0 Å². The SMILES string of the molecule is O=C(CCOc1ccccc1Cl)NCc1cccnc1. The van der Waals surface area contributed by atoms with Crippen LogP contribution in [0.2, 0.25) is 5.02 Å². The molecule has 0 spiro atoms. The van der Waals surface area contributed by atoms with Crippen LogP contribution in [-0.4, -0.2) is 17.5 Å². The molecule has 0 saturated heterocycles. The number of nitrogens with zero attached hydrogens (tertiary/aromatic N) is 1. The number of nitrogens with one attached hydrogen (secondary N) is 1. The fraction of sp³-hybridized carbons (Fsp3) is 0.200. The zero-order valence-electron chi connectivity index (χ0n) is 10.9. The lowest BCUT2D eigenvalue weighted by Gasteiger charge is -2.08. The molecule has 0 radical (unpaired) electrons. The van der Waals surface area contributed by atoms with Gasteiger partial charge in [-0.05, 0) is 23.8 Å². The summed E-state index contributed by atoms with van der Waals surface area (Å²) in [6.07, 6.45) is 3.70. The van der Waals surface area contributed by atoms with Crippen LogP contribution in [-0.2, 0) is 11.3 Å². The number of amides is 1. The average molecular weight is 291 g/mol. The molecule has 104 valence electrons. The Labute approximate surface area is 122 Å². The van der Waals surface area contributed by atoms with Crippen LogP contribution in [0.4, 0.5) is 0 Å². The Hall–Kier alpha value is -2.07. The van der Waals surface area contributed by atoms with E-state index in [0.29, 0.717) is 23.9 Å². The Morgan fingerprint density at radius 1 is 1.25 bits per heavy atom. The van der Waals surface area contributed by atoms with E-state index in [1.165, 1.54) is 0 Å². The summed E-state index contributed by atoms with van der Waals surface area (Å²) < 4.78 is 5.45. The summed E-state index contributed by atoms with van der Waals surface area (Å²) in [6, 6.07) is 10.9. The highest BCUT2D eigenvalue weighted by atomic mass is 35.5. The third-order valence-electron chi connectivity index (χ3n) is 2.64. The molecule has 0 bridgehead atoms. The van der Waals surface area contributed by atoms with E-state index in [2.05, 4.69) is 10.3 Å². The van der Waals surface area contributed by atoms with Crippen LogP contribution in [0.15, 0.2) is 48.8 Å². The van der Waals surface area contributed by atoms with Crippen molar-refractivity contribution in [3.8, 4) is 5.75 Å². The molecular formula is C15H15ClN2O2. The van der Waals surface area contributed by atoms with E-state index in [-0.39, 0.29) is 12.3 Å². The van der Waals surface area contributed by atoms with Crippen molar-refractivity contribution in [2.75, 3.05) is 6.61 Å². The first-order chi connectivity index (χ1) is 9.75. The number of halogens is 1. The summed E-state index contributed by atoms with van der Waals surface area (Å²) in [7, 11) is 0. The predicted octanol–water partition coefficient (Wildman–Crippen LogP) is 2.82. The van der Waals surface area contributed by atoms with Gasteiger partial charge in [-0.1, -0.05) is 29.8 Å². The Kier molecular flexibility index (Phi) is 5.38. The molecular weight excluding hydrogens is 276 g/mol. The number of pyridine rings is 1. The van der Waals surface area contributed by atoms with Gasteiger partial charge in [-0.25, -0.2) is 0 Å². The number of carbonyl (C=O) groups is 1. The third kappa shape index (κ3) is 4.55. The van der Waals surface area contributed by atoms with Crippen molar-refractivity contribution in [3.63, 3.8) is 0 Å². The second kappa shape index (κ2) is 7.50. The molecule has 0 saturated carbocycles. The summed E-state index contributed by atoms with van der Waals surface area (Å²) >= 11 is 5.95. The second-order valence-electron chi connectivity index (χ2n) is 4.17. The third-order valence-corrected chi connectivity index (χ3v) is 2.95. The van der Waals surface area contributed by atoms with E-state index in [0.717, 1.165) is 5.56 Å². The van der Waals surface area contributed by atoms with Gasteiger partial charge < -0.3 is 10.1 Å². The Balaban J connectivity index is 1.69. The molecule has 1 N–H and O–H groups in total. The van der Waals surface area contributed by atoms with Gasteiger partial charge in [-0.3, -0.25) is 9.78 Å². The van der Waals surface area contributed by atoms with Crippen molar-refractivity contribution in [2.45, 2.75) is 13.0 Å². The van der Waals surface area contributed by atoms with E-state index in [4.69, 9.17) is 16.3 Å². The van der Waals surface area contributed by atoms with Crippen molar-refractivity contribution >= 4 is 17.5 Å². The van der Waals surface area contributed by atoms with Crippen molar-refractivity contribution in [1.29, 1.82) is 0 Å². The van der Waals surface area contributed by atoms with Gasteiger partial charge in [0.2, 0.25) is 5.91 Å². The van der Waals surface area contributed by atoms with Crippen LogP contribution in [0.5, 0.6) is 5.75 Å². The Morgan fingerprint density at radius 2 is 2.10 bits per heavy atom. The smallest absolute Gasteiger partial charge is 0.223 e. The van der Waals surface area contributed by atoms with Crippen molar-refractivity contribution in [3.05, 3.63) is 59.4 Å². The monoisotopic (exact) mass is 290 g/mol. The first-order valence-electron chi connectivity index (χ1n) is 6.28. The number of carbonyl (C=O) groups excluding carboxylic acids is 1. The minimum Gasteiger partial charge on any atom is -0.491 e. The van der Waals surface area contributed by atoms with Crippen LogP contribution in [0.3, 0.4) is 0 Å². The predicted molar refractivity (Wildman–Crippen MR) is 77.6 cm³/mol. The van der Waals surface area contributed by atoms with E-state index >= 15 is 0 Å². The summed E-state index contributed by atoms with van der Waals surface area (Å²) in [5, 5.41) is 3.35. The minimum atomic E-state index is -0.0686. The maximum absolute atomic E-state index is 11.6. The van der Waals surface area contributed by atoms with Gasteiger partial charge in [-0.15, -0.1) is 0 Å². The molecule has 2 rings (SSSR count). The summed E-state index contributed by atoms with van der Waals surface area (Å²) in [5.74, 6) is 0.523. The average Bonchev–Trinajstić information content (AvgIpc) is 2.48. The van der Waals surface area contributed by atoms with E-state index < -0.39 is 0 Å². The molecule has 1 heterocycles. The first kappa shape index (κ1) is 14.3. The highest BCUT2D eigenvalue weighted by Crippen LogP contribution is 2.22. The topological polar surface area (TPSA) is 51.2 Å². The zero-order chi connectivity index (χ0) is 14.2.